The molecule has 0 unspecified atom stereocenters. The third-order valence-electron chi connectivity index (χ3n) is 4.41. The van der Waals surface area contributed by atoms with Crippen molar-refractivity contribution in [1.82, 2.24) is 14.9 Å². The third-order valence-corrected chi connectivity index (χ3v) is 4.41. The van der Waals surface area contributed by atoms with E-state index < -0.39 is 11.9 Å². The molecule has 10 heteroatoms. The zero-order valence-corrected chi connectivity index (χ0v) is 15.4. The number of hydrogen-bond acceptors (Lipinski definition) is 6. The number of aromatic nitrogens is 2. The molecule has 1 aliphatic heterocycles. The first-order chi connectivity index (χ1) is 13.3. The molecule has 1 fully saturated rings. The predicted octanol–water partition coefficient (Wildman–Crippen LogP) is 2.48. The van der Waals surface area contributed by atoms with E-state index in [4.69, 9.17) is 9.47 Å². The minimum absolute atomic E-state index is 0.00745. The minimum Gasteiger partial charge on any atom is -0.493 e. The van der Waals surface area contributed by atoms with E-state index in [-0.39, 0.29) is 11.9 Å². The molecule has 150 valence electrons. The fourth-order valence-corrected chi connectivity index (χ4v) is 2.92. The molecular weight excluding hydrogens is 377 g/mol. The van der Waals surface area contributed by atoms with Gasteiger partial charge in [0.05, 0.1) is 14.2 Å². The van der Waals surface area contributed by atoms with E-state index in [1.807, 2.05) is 0 Å². The summed E-state index contributed by atoms with van der Waals surface area (Å²) in [7, 11) is 2.99. The topological polar surface area (TPSA) is 67.8 Å². The zero-order valence-electron chi connectivity index (χ0n) is 15.4. The van der Waals surface area contributed by atoms with Gasteiger partial charge in [-0.2, -0.15) is 13.2 Å². The van der Waals surface area contributed by atoms with Gasteiger partial charge in [0.15, 0.2) is 11.5 Å². The van der Waals surface area contributed by atoms with Crippen molar-refractivity contribution in [2.24, 2.45) is 0 Å². The molecule has 0 N–H and O–H groups in total. The van der Waals surface area contributed by atoms with Crippen LogP contribution in [0.15, 0.2) is 30.5 Å². The Bertz CT molecular complexity index is 852. The summed E-state index contributed by atoms with van der Waals surface area (Å²) in [5.74, 6) is 0.786. The molecule has 3 rings (SSSR count). The number of amides is 1. The molecule has 7 nitrogen and oxygen atoms in total. The van der Waals surface area contributed by atoms with Crippen LogP contribution in [0.1, 0.15) is 16.1 Å². The van der Waals surface area contributed by atoms with E-state index >= 15 is 0 Å². The minimum atomic E-state index is -4.52. The van der Waals surface area contributed by atoms with Crippen LogP contribution in [-0.4, -0.2) is 61.2 Å². The largest absolute Gasteiger partial charge is 0.493 e. The van der Waals surface area contributed by atoms with Crippen molar-refractivity contribution in [1.29, 1.82) is 0 Å². The van der Waals surface area contributed by atoms with Crippen LogP contribution in [0.4, 0.5) is 19.1 Å². The smallest absolute Gasteiger partial charge is 0.433 e. The molecule has 1 saturated heterocycles. The van der Waals surface area contributed by atoms with Gasteiger partial charge < -0.3 is 19.3 Å². The van der Waals surface area contributed by atoms with Gasteiger partial charge in [-0.05, 0) is 24.3 Å². The van der Waals surface area contributed by atoms with Gasteiger partial charge in [0, 0.05) is 37.9 Å². The number of piperazine rings is 1. The number of halogens is 3. The van der Waals surface area contributed by atoms with Gasteiger partial charge in [0.25, 0.3) is 5.91 Å². The van der Waals surface area contributed by atoms with Crippen LogP contribution in [0.5, 0.6) is 11.5 Å². The second kappa shape index (κ2) is 7.91. The first-order valence-electron chi connectivity index (χ1n) is 8.50. The van der Waals surface area contributed by atoms with Crippen LogP contribution >= 0.6 is 0 Å². The number of rotatable bonds is 4. The monoisotopic (exact) mass is 396 g/mol. The van der Waals surface area contributed by atoms with E-state index in [9.17, 15) is 18.0 Å². The number of ether oxygens (including phenoxy) is 2. The number of hydrogen-bond donors (Lipinski definition) is 0. The van der Waals surface area contributed by atoms with Gasteiger partial charge in [0.2, 0.25) is 5.95 Å². The van der Waals surface area contributed by atoms with E-state index in [1.54, 1.807) is 28.0 Å². The van der Waals surface area contributed by atoms with Gasteiger partial charge >= 0.3 is 6.18 Å². The van der Waals surface area contributed by atoms with Crippen LogP contribution in [-0.2, 0) is 6.18 Å². The first kappa shape index (κ1) is 19.7. The first-order valence-corrected chi connectivity index (χ1v) is 8.50. The van der Waals surface area contributed by atoms with Crippen molar-refractivity contribution in [3.63, 3.8) is 0 Å². The Labute approximate surface area is 159 Å². The van der Waals surface area contributed by atoms with Crippen molar-refractivity contribution in [2.45, 2.75) is 6.18 Å². The molecule has 0 radical (unpaired) electrons. The SMILES string of the molecule is COc1ccc(C(=O)N2CCN(c3nccc(C(F)(F)F)n3)CC2)cc1OC. The summed E-state index contributed by atoms with van der Waals surface area (Å²) in [4.78, 5) is 23.5. The van der Waals surface area contributed by atoms with Crippen LogP contribution < -0.4 is 14.4 Å². The predicted molar refractivity (Wildman–Crippen MR) is 94.7 cm³/mol. The Balaban J connectivity index is 1.68. The molecule has 2 heterocycles. The quantitative estimate of drug-likeness (QED) is 0.791. The fraction of sp³-hybridized carbons (Fsp3) is 0.389. The van der Waals surface area contributed by atoms with E-state index in [0.717, 1.165) is 12.3 Å². The molecule has 0 aliphatic carbocycles. The van der Waals surface area contributed by atoms with Crippen LogP contribution in [0.2, 0.25) is 0 Å². The molecule has 1 aromatic carbocycles. The molecule has 0 atom stereocenters. The highest BCUT2D eigenvalue weighted by atomic mass is 19.4. The number of benzene rings is 1. The fourth-order valence-electron chi connectivity index (χ4n) is 2.92. The zero-order chi connectivity index (χ0) is 20.3. The van der Waals surface area contributed by atoms with Gasteiger partial charge in [-0.3, -0.25) is 4.79 Å². The summed E-state index contributed by atoms with van der Waals surface area (Å²) in [5.41, 5.74) is -0.539. The molecule has 1 aromatic heterocycles. The summed E-state index contributed by atoms with van der Waals surface area (Å²) < 4.78 is 48.9. The Morgan fingerprint density at radius 3 is 2.32 bits per heavy atom. The maximum absolute atomic E-state index is 12.8. The molecule has 0 saturated carbocycles. The van der Waals surface area contributed by atoms with Crippen LogP contribution in [0.3, 0.4) is 0 Å². The highest BCUT2D eigenvalue weighted by Gasteiger charge is 2.33. The van der Waals surface area contributed by atoms with E-state index in [2.05, 4.69) is 9.97 Å². The van der Waals surface area contributed by atoms with Gasteiger partial charge in [-0.25, -0.2) is 9.97 Å². The van der Waals surface area contributed by atoms with Crippen molar-refractivity contribution in [3.05, 3.63) is 41.7 Å². The number of alkyl halides is 3. The summed E-state index contributed by atoms with van der Waals surface area (Å²) in [5, 5.41) is 0. The summed E-state index contributed by atoms with van der Waals surface area (Å²) >= 11 is 0. The lowest BCUT2D eigenvalue weighted by Gasteiger charge is -2.35. The standard InChI is InChI=1S/C18H19F3N4O3/c1-27-13-4-3-12(11-14(13)28-2)16(26)24-7-9-25(10-8-24)17-22-6-5-15(23-17)18(19,20)21/h3-6,11H,7-10H2,1-2H3. The molecular formula is C18H19F3N4O3. The number of anilines is 1. The molecule has 0 bridgehead atoms. The second-order valence-electron chi connectivity index (χ2n) is 6.09. The van der Waals surface area contributed by atoms with Crippen molar-refractivity contribution < 1.29 is 27.4 Å². The Kier molecular flexibility index (Phi) is 5.57. The van der Waals surface area contributed by atoms with Crippen LogP contribution in [0.25, 0.3) is 0 Å². The van der Waals surface area contributed by atoms with Gasteiger partial charge in [0.1, 0.15) is 5.69 Å². The Morgan fingerprint density at radius 1 is 1.04 bits per heavy atom. The third kappa shape index (κ3) is 4.10. The number of methoxy groups -OCH3 is 2. The van der Waals surface area contributed by atoms with Crippen molar-refractivity contribution in [2.75, 3.05) is 45.3 Å². The maximum Gasteiger partial charge on any atom is 0.433 e. The summed E-state index contributed by atoms with van der Waals surface area (Å²) in [6, 6.07) is 5.73. The molecule has 0 spiro atoms. The van der Waals surface area contributed by atoms with E-state index in [0.29, 0.717) is 43.2 Å². The lowest BCUT2D eigenvalue weighted by molar-refractivity contribution is -0.141. The van der Waals surface area contributed by atoms with Gasteiger partial charge in [-0.1, -0.05) is 0 Å². The number of carbonyl (C=O) groups excluding carboxylic acids is 1. The highest BCUT2D eigenvalue weighted by molar-refractivity contribution is 5.95. The summed E-state index contributed by atoms with van der Waals surface area (Å²) in [6.07, 6.45) is -3.44. The molecule has 28 heavy (non-hydrogen) atoms. The molecule has 1 amide bonds. The lowest BCUT2D eigenvalue weighted by atomic mass is 10.1. The normalized spacial score (nSPS) is 14.8. The maximum atomic E-state index is 12.8. The lowest BCUT2D eigenvalue weighted by Crippen LogP contribution is -2.49. The molecule has 1 aliphatic rings. The average Bonchev–Trinajstić information content (AvgIpc) is 2.72. The number of nitrogens with zero attached hydrogens (tertiary/aromatic N) is 4. The highest BCUT2D eigenvalue weighted by Crippen LogP contribution is 2.29. The average molecular weight is 396 g/mol. The van der Waals surface area contributed by atoms with E-state index in [1.165, 1.54) is 14.2 Å². The Hall–Kier alpha value is -3.04. The summed E-state index contributed by atoms with van der Waals surface area (Å²) in [6.45, 7) is 1.35. The molecule has 2 aromatic rings. The van der Waals surface area contributed by atoms with Gasteiger partial charge in [-0.15, -0.1) is 0 Å². The van der Waals surface area contributed by atoms with Crippen LogP contribution in [0, 0.1) is 0 Å². The number of carbonyl (C=O) groups is 1. The Morgan fingerprint density at radius 2 is 1.71 bits per heavy atom. The van der Waals surface area contributed by atoms with Crippen molar-refractivity contribution >= 4 is 11.9 Å². The second-order valence-corrected chi connectivity index (χ2v) is 6.09. The van der Waals surface area contributed by atoms with Crippen molar-refractivity contribution in [3.8, 4) is 11.5 Å².